The van der Waals surface area contributed by atoms with Gasteiger partial charge in [-0.25, -0.2) is 4.39 Å². The van der Waals surface area contributed by atoms with Gasteiger partial charge in [0.05, 0.1) is 0 Å². The molecule has 0 aromatic heterocycles. The van der Waals surface area contributed by atoms with Crippen LogP contribution in [0.2, 0.25) is 0 Å². The highest BCUT2D eigenvalue weighted by atomic mass is 19.1. The zero-order valence-corrected chi connectivity index (χ0v) is 10.5. The summed E-state index contributed by atoms with van der Waals surface area (Å²) in [5.74, 6) is -1.24. The van der Waals surface area contributed by atoms with Crippen molar-refractivity contribution in [2.45, 2.75) is 32.2 Å². The predicted molar refractivity (Wildman–Crippen MR) is 66.9 cm³/mol. The van der Waals surface area contributed by atoms with Crippen molar-refractivity contribution >= 4 is 5.97 Å². The number of carboxylic acids is 1. The van der Waals surface area contributed by atoms with Gasteiger partial charge < -0.3 is 5.11 Å². The van der Waals surface area contributed by atoms with Crippen molar-refractivity contribution in [2.75, 3.05) is 13.1 Å². The van der Waals surface area contributed by atoms with Gasteiger partial charge in [-0.2, -0.15) is 0 Å². The van der Waals surface area contributed by atoms with Gasteiger partial charge >= 0.3 is 5.97 Å². The molecule has 0 aliphatic carbocycles. The fourth-order valence-corrected chi connectivity index (χ4v) is 2.47. The molecule has 0 radical (unpaired) electrons. The zero-order valence-electron chi connectivity index (χ0n) is 10.5. The number of piperidine rings is 1. The fraction of sp³-hybridized carbons (Fsp3) is 0.500. The third-order valence-corrected chi connectivity index (χ3v) is 3.50. The first-order chi connectivity index (χ1) is 8.59. The number of hydrogen-bond donors (Lipinski definition) is 1. The maximum Gasteiger partial charge on any atom is 0.325 e. The number of likely N-dealkylation sites (tertiary alicyclic amines) is 1. The van der Waals surface area contributed by atoms with Gasteiger partial charge in [-0.1, -0.05) is 18.6 Å². The van der Waals surface area contributed by atoms with Gasteiger partial charge in [-0.05, 0) is 50.0 Å². The number of rotatable bonds is 3. The van der Waals surface area contributed by atoms with E-state index in [0.717, 1.165) is 32.4 Å². The Kier molecular flexibility index (Phi) is 3.97. The molecule has 98 valence electrons. The highest BCUT2D eigenvalue weighted by Crippen LogP contribution is 2.26. The molecule has 1 unspecified atom stereocenters. The molecular formula is C14H18FNO2. The van der Waals surface area contributed by atoms with Crippen molar-refractivity contribution in [2.24, 2.45) is 0 Å². The maximum atomic E-state index is 13.6. The molecule has 0 spiro atoms. The van der Waals surface area contributed by atoms with Crippen LogP contribution in [0.3, 0.4) is 0 Å². The third-order valence-electron chi connectivity index (χ3n) is 3.50. The lowest BCUT2D eigenvalue weighted by molar-refractivity contribution is -0.144. The first-order valence-electron chi connectivity index (χ1n) is 6.32. The zero-order chi connectivity index (χ0) is 13.1. The predicted octanol–water partition coefficient (Wildman–Crippen LogP) is 2.75. The normalized spacial score (nSPS) is 18.6. The van der Waals surface area contributed by atoms with Gasteiger partial charge in [0, 0.05) is 0 Å². The summed E-state index contributed by atoms with van der Waals surface area (Å²) in [6, 6.07) is 3.99. The number of nitrogens with zero attached hydrogens (tertiary/aromatic N) is 1. The van der Waals surface area contributed by atoms with Crippen LogP contribution < -0.4 is 0 Å². The summed E-state index contributed by atoms with van der Waals surface area (Å²) >= 11 is 0. The van der Waals surface area contributed by atoms with Gasteiger partial charge in [0.2, 0.25) is 0 Å². The van der Waals surface area contributed by atoms with Crippen LogP contribution in [0.4, 0.5) is 4.39 Å². The van der Waals surface area contributed by atoms with Crippen LogP contribution in [0.1, 0.15) is 36.4 Å². The third kappa shape index (κ3) is 2.70. The second-order valence-electron chi connectivity index (χ2n) is 4.85. The number of carbonyl (C=O) groups is 1. The minimum Gasteiger partial charge on any atom is -0.480 e. The van der Waals surface area contributed by atoms with Crippen LogP contribution in [-0.2, 0) is 4.79 Å². The van der Waals surface area contributed by atoms with E-state index >= 15 is 0 Å². The Morgan fingerprint density at radius 3 is 2.56 bits per heavy atom. The molecule has 1 aliphatic heterocycles. The van der Waals surface area contributed by atoms with Crippen LogP contribution in [0.15, 0.2) is 18.2 Å². The van der Waals surface area contributed by atoms with E-state index in [1.54, 1.807) is 19.1 Å². The Morgan fingerprint density at radius 1 is 1.33 bits per heavy atom. The first kappa shape index (κ1) is 13.0. The first-order valence-corrected chi connectivity index (χ1v) is 6.32. The molecule has 1 aromatic carbocycles. The topological polar surface area (TPSA) is 40.5 Å². The van der Waals surface area contributed by atoms with E-state index in [-0.39, 0.29) is 5.82 Å². The van der Waals surface area contributed by atoms with Crippen LogP contribution in [0, 0.1) is 12.7 Å². The molecule has 1 heterocycles. The molecule has 1 aromatic rings. The van der Waals surface area contributed by atoms with E-state index in [1.807, 2.05) is 4.90 Å². The van der Waals surface area contributed by atoms with Crippen LogP contribution in [0.25, 0.3) is 0 Å². The van der Waals surface area contributed by atoms with E-state index < -0.39 is 12.0 Å². The minimum absolute atomic E-state index is 0.337. The molecule has 0 amide bonds. The van der Waals surface area contributed by atoms with Crippen molar-refractivity contribution < 1.29 is 14.3 Å². The molecule has 1 atom stereocenters. The Balaban J connectivity index is 2.28. The molecule has 18 heavy (non-hydrogen) atoms. The van der Waals surface area contributed by atoms with Gasteiger partial charge in [-0.15, -0.1) is 0 Å². The summed E-state index contributed by atoms with van der Waals surface area (Å²) in [5.41, 5.74) is 1.08. The number of benzene rings is 1. The summed E-state index contributed by atoms with van der Waals surface area (Å²) in [6.45, 7) is 3.22. The summed E-state index contributed by atoms with van der Waals surface area (Å²) in [7, 11) is 0. The summed E-state index contributed by atoms with van der Waals surface area (Å²) < 4.78 is 13.6. The monoisotopic (exact) mass is 251 g/mol. The smallest absolute Gasteiger partial charge is 0.325 e. The highest BCUT2D eigenvalue weighted by Gasteiger charge is 2.28. The maximum absolute atomic E-state index is 13.6. The van der Waals surface area contributed by atoms with E-state index in [9.17, 15) is 14.3 Å². The number of aryl methyl sites for hydroxylation is 1. The summed E-state index contributed by atoms with van der Waals surface area (Å²) in [5, 5.41) is 9.38. The van der Waals surface area contributed by atoms with Crippen molar-refractivity contribution in [3.05, 3.63) is 35.1 Å². The molecule has 2 rings (SSSR count). The van der Waals surface area contributed by atoms with Crippen molar-refractivity contribution in [3.63, 3.8) is 0 Å². The number of carboxylic acid groups (broad SMARTS) is 1. The largest absolute Gasteiger partial charge is 0.480 e. The Hall–Kier alpha value is -1.42. The second-order valence-corrected chi connectivity index (χ2v) is 4.85. The molecule has 3 nitrogen and oxygen atoms in total. The quantitative estimate of drug-likeness (QED) is 0.898. The van der Waals surface area contributed by atoms with Gasteiger partial charge in [0.1, 0.15) is 11.9 Å². The van der Waals surface area contributed by atoms with Crippen molar-refractivity contribution in [1.29, 1.82) is 0 Å². The molecule has 1 saturated heterocycles. The highest BCUT2D eigenvalue weighted by molar-refractivity contribution is 5.75. The molecular weight excluding hydrogens is 233 g/mol. The Labute approximate surface area is 106 Å². The van der Waals surface area contributed by atoms with E-state index in [2.05, 4.69) is 0 Å². The molecule has 4 heteroatoms. The van der Waals surface area contributed by atoms with Crippen LogP contribution in [0.5, 0.6) is 0 Å². The van der Waals surface area contributed by atoms with E-state index in [4.69, 9.17) is 0 Å². The average molecular weight is 251 g/mol. The molecule has 1 aliphatic rings. The van der Waals surface area contributed by atoms with Gasteiger partial charge in [0.25, 0.3) is 0 Å². The van der Waals surface area contributed by atoms with Gasteiger partial charge in [-0.3, -0.25) is 9.69 Å². The van der Waals surface area contributed by atoms with Crippen molar-refractivity contribution in [3.8, 4) is 0 Å². The number of hydrogen-bond acceptors (Lipinski definition) is 2. The lowest BCUT2D eigenvalue weighted by Gasteiger charge is -2.32. The van der Waals surface area contributed by atoms with E-state index in [0.29, 0.717) is 11.1 Å². The fourth-order valence-electron chi connectivity index (χ4n) is 2.47. The Bertz CT molecular complexity index is 441. The number of halogens is 1. The molecule has 1 fully saturated rings. The lowest BCUT2D eigenvalue weighted by atomic mass is 10.0. The second kappa shape index (κ2) is 5.48. The van der Waals surface area contributed by atoms with Gasteiger partial charge in [0.15, 0.2) is 0 Å². The lowest BCUT2D eigenvalue weighted by Crippen LogP contribution is -2.37. The SMILES string of the molecule is Cc1ccc(C(C(=O)O)N2CCCCC2)cc1F. The standard InChI is InChI=1S/C14H18FNO2/c1-10-5-6-11(9-12(10)15)13(14(17)18)16-7-3-2-4-8-16/h5-6,9,13H,2-4,7-8H2,1H3,(H,17,18). The molecule has 0 saturated carbocycles. The number of aliphatic carboxylic acids is 1. The van der Waals surface area contributed by atoms with Crippen molar-refractivity contribution in [1.82, 2.24) is 4.90 Å². The van der Waals surface area contributed by atoms with Crippen LogP contribution >= 0.6 is 0 Å². The van der Waals surface area contributed by atoms with Crippen LogP contribution in [-0.4, -0.2) is 29.1 Å². The molecule has 1 N–H and O–H groups in total. The summed E-state index contributed by atoms with van der Waals surface area (Å²) in [6.07, 6.45) is 3.17. The van der Waals surface area contributed by atoms with E-state index in [1.165, 1.54) is 6.07 Å². The average Bonchev–Trinajstić information content (AvgIpc) is 2.35. The summed E-state index contributed by atoms with van der Waals surface area (Å²) in [4.78, 5) is 13.4. The molecule has 0 bridgehead atoms. The Morgan fingerprint density at radius 2 is 2.00 bits per heavy atom. The minimum atomic E-state index is -0.903.